The molecular weight excluding hydrogens is 410 g/mol. The number of thioether (sulfide) groups is 1. The summed E-state index contributed by atoms with van der Waals surface area (Å²) in [4.78, 5) is 31.8. The number of hydrogen-bond acceptors (Lipinski definition) is 5. The number of fused-ring (bicyclic) bond motifs is 1. The molecule has 0 bridgehead atoms. The zero-order valence-electron chi connectivity index (χ0n) is 17.2. The van der Waals surface area contributed by atoms with Crippen molar-refractivity contribution in [1.29, 1.82) is 0 Å². The van der Waals surface area contributed by atoms with Crippen LogP contribution in [0.5, 0.6) is 0 Å². The molecule has 0 fully saturated rings. The third-order valence-electron chi connectivity index (χ3n) is 4.92. The zero-order chi connectivity index (χ0) is 21.6. The standard InChI is InChI=1S/C23H23N5O2S/c1-2-26(15-18-9-5-3-6-10-18)20(29)16-28-23(30)27-14-13-24-22(21(27)25-28)31-17-19-11-7-4-8-12-19/h3-14H,2,15-17H2,1H3. The smallest absolute Gasteiger partial charge is 0.337 e. The number of carbonyl (C=O) groups is 1. The highest BCUT2D eigenvalue weighted by Crippen LogP contribution is 2.23. The normalized spacial score (nSPS) is 11.0. The predicted molar refractivity (Wildman–Crippen MR) is 121 cm³/mol. The second-order valence-electron chi connectivity index (χ2n) is 7.03. The molecular formula is C23H23N5O2S. The Bertz CT molecular complexity index is 1220. The van der Waals surface area contributed by atoms with Crippen molar-refractivity contribution in [2.24, 2.45) is 0 Å². The van der Waals surface area contributed by atoms with Crippen molar-refractivity contribution in [2.75, 3.05) is 6.54 Å². The van der Waals surface area contributed by atoms with Crippen molar-refractivity contribution in [2.45, 2.75) is 30.8 Å². The average Bonchev–Trinajstić information content (AvgIpc) is 3.13. The Kier molecular flexibility index (Phi) is 6.47. The van der Waals surface area contributed by atoms with Crippen LogP contribution in [0, 0.1) is 0 Å². The number of carbonyl (C=O) groups excluding carboxylic acids is 1. The molecule has 4 rings (SSSR count). The van der Waals surface area contributed by atoms with Gasteiger partial charge < -0.3 is 4.90 Å². The van der Waals surface area contributed by atoms with Crippen molar-refractivity contribution >= 4 is 23.3 Å². The topological polar surface area (TPSA) is 72.5 Å². The van der Waals surface area contributed by atoms with Gasteiger partial charge in [0.05, 0.1) is 0 Å². The maximum absolute atomic E-state index is 12.9. The van der Waals surface area contributed by atoms with E-state index in [1.54, 1.807) is 17.3 Å². The summed E-state index contributed by atoms with van der Waals surface area (Å²) in [5.74, 6) is 0.567. The maximum atomic E-state index is 12.9. The minimum absolute atomic E-state index is 0.107. The van der Waals surface area contributed by atoms with E-state index in [4.69, 9.17) is 0 Å². The summed E-state index contributed by atoms with van der Waals surface area (Å²) < 4.78 is 2.67. The summed E-state index contributed by atoms with van der Waals surface area (Å²) in [5.41, 5.74) is 2.33. The molecule has 0 spiro atoms. The van der Waals surface area contributed by atoms with Crippen LogP contribution < -0.4 is 5.69 Å². The van der Waals surface area contributed by atoms with Gasteiger partial charge in [0, 0.05) is 31.2 Å². The number of rotatable bonds is 8. The Morgan fingerprint density at radius 3 is 2.39 bits per heavy atom. The van der Waals surface area contributed by atoms with Crippen LogP contribution in [0.15, 0.2) is 82.9 Å². The number of aromatic nitrogens is 4. The molecule has 158 valence electrons. The minimum Gasteiger partial charge on any atom is -0.337 e. The molecule has 31 heavy (non-hydrogen) atoms. The van der Waals surface area contributed by atoms with Crippen LogP contribution >= 0.6 is 11.8 Å². The van der Waals surface area contributed by atoms with E-state index in [2.05, 4.69) is 10.1 Å². The van der Waals surface area contributed by atoms with Crippen LogP contribution in [0.3, 0.4) is 0 Å². The molecule has 4 aromatic rings. The van der Waals surface area contributed by atoms with E-state index in [1.807, 2.05) is 67.6 Å². The van der Waals surface area contributed by atoms with E-state index in [0.29, 0.717) is 29.5 Å². The lowest BCUT2D eigenvalue weighted by molar-refractivity contribution is -0.132. The van der Waals surface area contributed by atoms with Gasteiger partial charge in [-0.25, -0.2) is 18.9 Å². The van der Waals surface area contributed by atoms with E-state index in [9.17, 15) is 9.59 Å². The zero-order valence-corrected chi connectivity index (χ0v) is 18.0. The van der Waals surface area contributed by atoms with Crippen molar-refractivity contribution < 1.29 is 4.79 Å². The van der Waals surface area contributed by atoms with Gasteiger partial charge in [0.25, 0.3) is 0 Å². The Balaban J connectivity index is 1.53. The maximum Gasteiger partial charge on any atom is 0.350 e. The molecule has 0 atom stereocenters. The highest BCUT2D eigenvalue weighted by atomic mass is 32.2. The van der Waals surface area contributed by atoms with Crippen LogP contribution in [-0.4, -0.2) is 36.5 Å². The fraction of sp³-hybridized carbons (Fsp3) is 0.217. The Morgan fingerprint density at radius 1 is 1.03 bits per heavy atom. The summed E-state index contributed by atoms with van der Waals surface area (Å²) in [6, 6.07) is 19.8. The molecule has 0 aliphatic carbocycles. The van der Waals surface area contributed by atoms with Crippen LogP contribution in [0.1, 0.15) is 18.1 Å². The number of hydrogen-bond donors (Lipinski definition) is 0. The average molecular weight is 434 g/mol. The third-order valence-corrected chi connectivity index (χ3v) is 5.96. The van der Waals surface area contributed by atoms with Crippen LogP contribution in [-0.2, 0) is 23.6 Å². The molecule has 2 aromatic heterocycles. The first kappa shape index (κ1) is 20.9. The first-order valence-corrected chi connectivity index (χ1v) is 11.1. The quantitative estimate of drug-likeness (QED) is 0.399. The van der Waals surface area contributed by atoms with Gasteiger partial charge in [0.15, 0.2) is 5.65 Å². The lowest BCUT2D eigenvalue weighted by atomic mass is 10.2. The fourth-order valence-corrected chi connectivity index (χ4v) is 4.16. The van der Waals surface area contributed by atoms with Gasteiger partial charge in [-0.05, 0) is 18.1 Å². The molecule has 0 aliphatic heterocycles. The predicted octanol–water partition coefficient (Wildman–Crippen LogP) is 3.23. The van der Waals surface area contributed by atoms with E-state index >= 15 is 0 Å². The number of likely N-dealkylation sites (N-methyl/N-ethyl adjacent to an activating group) is 1. The SMILES string of the molecule is CCN(Cc1ccccc1)C(=O)Cn1nc2c(SCc3ccccc3)nccn2c1=O. The van der Waals surface area contributed by atoms with E-state index in [0.717, 1.165) is 11.1 Å². The van der Waals surface area contributed by atoms with Gasteiger partial charge in [-0.3, -0.25) is 4.79 Å². The van der Waals surface area contributed by atoms with Gasteiger partial charge in [-0.15, -0.1) is 5.10 Å². The highest BCUT2D eigenvalue weighted by Gasteiger charge is 2.18. The van der Waals surface area contributed by atoms with Crippen molar-refractivity contribution in [3.63, 3.8) is 0 Å². The summed E-state index contributed by atoms with van der Waals surface area (Å²) in [5, 5.41) is 5.08. The Labute approximate surface area is 184 Å². The van der Waals surface area contributed by atoms with E-state index in [1.165, 1.54) is 20.8 Å². The van der Waals surface area contributed by atoms with Crippen molar-refractivity contribution in [3.8, 4) is 0 Å². The Morgan fingerprint density at radius 2 is 1.71 bits per heavy atom. The molecule has 8 heteroatoms. The van der Waals surface area contributed by atoms with Crippen LogP contribution in [0.25, 0.3) is 5.65 Å². The van der Waals surface area contributed by atoms with E-state index in [-0.39, 0.29) is 18.1 Å². The molecule has 0 unspecified atom stereocenters. The molecule has 1 amide bonds. The van der Waals surface area contributed by atoms with Gasteiger partial charge in [0.2, 0.25) is 5.91 Å². The lowest BCUT2D eigenvalue weighted by Crippen LogP contribution is -2.36. The summed E-state index contributed by atoms with van der Waals surface area (Å²) in [6.07, 6.45) is 3.17. The molecule has 0 saturated heterocycles. The number of amides is 1. The summed E-state index contributed by atoms with van der Waals surface area (Å²) in [7, 11) is 0. The number of benzene rings is 2. The molecule has 2 aromatic carbocycles. The van der Waals surface area contributed by atoms with Gasteiger partial charge in [0.1, 0.15) is 11.6 Å². The highest BCUT2D eigenvalue weighted by molar-refractivity contribution is 7.98. The fourth-order valence-electron chi connectivity index (χ4n) is 3.26. The molecule has 0 aliphatic rings. The minimum atomic E-state index is -0.344. The summed E-state index contributed by atoms with van der Waals surface area (Å²) in [6.45, 7) is 2.87. The Hall–Kier alpha value is -3.39. The van der Waals surface area contributed by atoms with Crippen molar-refractivity contribution in [3.05, 3.63) is 94.7 Å². The van der Waals surface area contributed by atoms with Crippen LogP contribution in [0.4, 0.5) is 0 Å². The lowest BCUT2D eigenvalue weighted by Gasteiger charge is -2.20. The van der Waals surface area contributed by atoms with Crippen molar-refractivity contribution in [1.82, 2.24) is 24.1 Å². The van der Waals surface area contributed by atoms with Gasteiger partial charge in [-0.2, -0.15) is 0 Å². The first-order valence-electron chi connectivity index (χ1n) is 10.1. The van der Waals surface area contributed by atoms with E-state index < -0.39 is 0 Å². The molecule has 0 saturated carbocycles. The first-order chi connectivity index (χ1) is 15.2. The third kappa shape index (κ3) is 4.86. The second-order valence-corrected chi connectivity index (χ2v) is 8.00. The largest absolute Gasteiger partial charge is 0.350 e. The monoisotopic (exact) mass is 433 g/mol. The molecule has 2 heterocycles. The molecule has 7 nitrogen and oxygen atoms in total. The number of nitrogens with zero attached hydrogens (tertiary/aromatic N) is 5. The van der Waals surface area contributed by atoms with Gasteiger partial charge >= 0.3 is 5.69 Å². The molecule has 0 N–H and O–H groups in total. The van der Waals surface area contributed by atoms with Gasteiger partial charge in [-0.1, -0.05) is 72.4 Å². The summed E-state index contributed by atoms with van der Waals surface area (Å²) >= 11 is 1.51. The molecule has 0 radical (unpaired) electrons. The van der Waals surface area contributed by atoms with Crippen LogP contribution in [0.2, 0.25) is 0 Å². The second kappa shape index (κ2) is 9.61.